The van der Waals surface area contributed by atoms with Gasteiger partial charge in [-0.15, -0.1) is 0 Å². The highest BCUT2D eigenvalue weighted by Gasteiger charge is 2.33. The number of nitrogens with zero attached hydrogens (tertiary/aromatic N) is 2. The van der Waals surface area contributed by atoms with E-state index in [0.717, 1.165) is 21.0 Å². The van der Waals surface area contributed by atoms with Gasteiger partial charge in [-0.25, -0.2) is 8.42 Å². The Morgan fingerprint density at radius 3 is 2.11 bits per heavy atom. The number of benzene rings is 3. The maximum absolute atomic E-state index is 13.9. The first kappa shape index (κ1) is 29.5. The lowest BCUT2D eigenvalue weighted by atomic mass is 10.1. The van der Waals surface area contributed by atoms with Gasteiger partial charge in [-0.2, -0.15) is 0 Å². The first-order valence-corrected chi connectivity index (χ1v) is 14.3. The number of amides is 2. The zero-order chi connectivity index (χ0) is 28.0. The minimum atomic E-state index is -4.20. The van der Waals surface area contributed by atoms with E-state index in [2.05, 4.69) is 5.32 Å². The first-order valence-electron chi connectivity index (χ1n) is 12.1. The summed E-state index contributed by atoms with van der Waals surface area (Å²) in [5, 5.41) is 3.05. The molecule has 1 N–H and O–H groups in total. The van der Waals surface area contributed by atoms with Gasteiger partial charge in [-0.05, 0) is 56.2 Å². The van der Waals surface area contributed by atoms with Crippen molar-refractivity contribution in [3.8, 4) is 0 Å². The topological polar surface area (TPSA) is 86.8 Å². The minimum absolute atomic E-state index is 0.00979. The van der Waals surface area contributed by atoms with Crippen LogP contribution in [0.1, 0.15) is 30.0 Å². The van der Waals surface area contributed by atoms with Crippen LogP contribution in [0.5, 0.6) is 0 Å². The molecule has 0 spiro atoms. The molecule has 0 aliphatic carbocycles. The van der Waals surface area contributed by atoms with Crippen LogP contribution >= 0.6 is 23.2 Å². The van der Waals surface area contributed by atoms with Crippen molar-refractivity contribution in [1.29, 1.82) is 0 Å². The summed E-state index contributed by atoms with van der Waals surface area (Å²) in [6, 6.07) is 17.5. The van der Waals surface area contributed by atoms with Gasteiger partial charge in [0.25, 0.3) is 10.0 Å². The quantitative estimate of drug-likeness (QED) is 0.352. The van der Waals surface area contributed by atoms with Crippen LogP contribution in [-0.2, 0) is 26.2 Å². The predicted octanol–water partition coefficient (Wildman–Crippen LogP) is 5.36. The molecule has 0 unspecified atom stereocenters. The van der Waals surface area contributed by atoms with Crippen LogP contribution < -0.4 is 9.62 Å². The predicted molar refractivity (Wildman–Crippen MR) is 152 cm³/mol. The van der Waals surface area contributed by atoms with Crippen LogP contribution in [0.3, 0.4) is 0 Å². The molecule has 1 atom stereocenters. The Morgan fingerprint density at radius 1 is 0.921 bits per heavy atom. The van der Waals surface area contributed by atoms with Crippen molar-refractivity contribution < 1.29 is 18.0 Å². The Kier molecular flexibility index (Phi) is 9.82. The van der Waals surface area contributed by atoms with Crippen molar-refractivity contribution in [1.82, 2.24) is 10.2 Å². The van der Waals surface area contributed by atoms with Gasteiger partial charge in [0.1, 0.15) is 12.6 Å². The van der Waals surface area contributed by atoms with Gasteiger partial charge in [-0.3, -0.25) is 13.9 Å². The molecule has 0 saturated heterocycles. The Hall–Kier alpha value is -3.07. The average molecular weight is 577 g/mol. The summed E-state index contributed by atoms with van der Waals surface area (Å²) in [6.45, 7) is 5.15. The molecule has 2 amide bonds. The number of nitrogens with one attached hydrogen (secondary N) is 1. The summed E-state index contributed by atoms with van der Waals surface area (Å²) in [6.07, 6.45) is 0.338. The average Bonchev–Trinajstić information content (AvgIpc) is 2.86. The maximum atomic E-state index is 13.9. The minimum Gasteiger partial charge on any atom is -0.357 e. The molecular weight excluding hydrogens is 545 g/mol. The second-order valence-electron chi connectivity index (χ2n) is 9.00. The van der Waals surface area contributed by atoms with Crippen molar-refractivity contribution in [2.45, 2.75) is 44.7 Å². The normalized spacial score (nSPS) is 12.1. The van der Waals surface area contributed by atoms with E-state index in [4.69, 9.17) is 23.2 Å². The Labute approximate surface area is 234 Å². The van der Waals surface area contributed by atoms with Crippen molar-refractivity contribution in [2.24, 2.45) is 0 Å². The van der Waals surface area contributed by atoms with E-state index in [-0.39, 0.29) is 33.1 Å². The highest BCUT2D eigenvalue weighted by molar-refractivity contribution is 7.92. The second-order valence-corrected chi connectivity index (χ2v) is 11.7. The maximum Gasteiger partial charge on any atom is 0.264 e. The van der Waals surface area contributed by atoms with E-state index < -0.39 is 28.5 Å². The molecule has 38 heavy (non-hydrogen) atoms. The number of hydrogen-bond donors (Lipinski definition) is 1. The lowest BCUT2D eigenvalue weighted by Crippen LogP contribution is -2.51. The van der Waals surface area contributed by atoms with E-state index in [1.807, 2.05) is 38.1 Å². The summed E-state index contributed by atoms with van der Waals surface area (Å²) in [5.41, 5.74) is 2.84. The van der Waals surface area contributed by atoms with Gasteiger partial charge in [-0.1, -0.05) is 77.7 Å². The van der Waals surface area contributed by atoms with Crippen molar-refractivity contribution >= 4 is 50.7 Å². The zero-order valence-corrected chi connectivity index (χ0v) is 24.1. The molecule has 0 saturated carbocycles. The summed E-state index contributed by atoms with van der Waals surface area (Å²) in [7, 11) is -2.70. The fourth-order valence-electron chi connectivity index (χ4n) is 4.14. The fourth-order valence-corrected chi connectivity index (χ4v) is 6.06. The Bertz CT molecular complexity index is 1390. The molecule has 3 aromatic rings. The van der Waals surface area contributed by atoms with Crippen LogP contribution in [0.25, 0.3) is 0 Å². The standard InChI is InChI=1S/C28H31Cl2N3O4S/c1-5-26(28(35)31-4)32(17-21-8-6-7-20(3)13-21)27(34)18-33(24-15-22(29)14-23(30)16-24)38(36,37)25-11-9-19(2)10-12-25/h6-16,26H,5,17-18H2,1-4H3,(H,31,35)/t26-/m0/s1. The largest absolute Gasteiger partial charge is 0.357 e. The smallest absolute Gasteiger partial charge is 0.264 e. The second kappa shape index (κ2) is 12.7. The first-order chi connectivity index (χ1) is 18.0. The molecular formula is C28H31Cl2N3O4S. The van der Waals surface area contributed by atoms with Crippen molar-refractivity contribution in [2.75, 3.05) is 17.9 Å². The van der Waals surface area contributed by atoms with E-state index in [1.54, 1.807) is 19.1 Å². The zero-order valence-electron chi connectivity index (χ0n) is 21.7. The highest BCUT2D eigenvalue weighted by atomic mass is 35.5. The molecule has 0 fully saturated rings. The van der Waals surface area contributed by atoms with Gasteiger partial charge >= 0.3 is 0 Å². The Morgan fingerprint density at radius 2 is 1.55 bits per heavy atom. The molecule has 0 aliphatic heterocycles. The number of hydrogen-bond acceptors (Lipinski definition) is 4. The van der Waals surface area contributed by atoms with E-state index in [9.17, 15) is 18.0 Å². The van der Waals surface area contributed by atoms with Crippen molar-refractivity contribution in [3.05, 3.63) is 93.5 Å². The molecule has 0 radical (unpaired) electrons. The number of likely N-dealkylation sites (N-methyl/N-ethyl adjacent to an activating group) is 1. The lowest BCUT2D eigenvalue weighted by molar-refractivity contribution is -0.140. The lowest BCUT2D eigenvalue weighted by Gasteiger charge is -2.33. The monoisotopic (exact) mass is 575 g/mol. The van der Waals surface area contributed by atoms with Crippen LogP contribution in [0.15, 0.2) is 71.6 Å². The van der Waals surface area contributed by atoms with Gasteiger partial charge in [0.15, 0.2) is 0 Å². The van der Waals surface area contributed by atoms with Crippen molar-refractivity contribution in [3.63, 3.8) is 0 Å². The van der Waals surface area contributed by atoms with Crippen LogP contribution in [0.4, 0.5) is 5.69 Å². The van der Waals surface area contributed by atoms with Crippen LogP contribution in [0, 0.1) is 13.8 Å². The molecule has 0 bridgehead atoms. The van der Waals surface area contributed by atoms with Gasteiger partial charge in [0.05, 0.1) is 10.6 Å². The third-order valence-corrected chi connectivity index (χ3v) is 8.32. The molecule has 0 aromatic heterocycles. The Balaban J connectivity index is 2.10. The molecule has 7 nitrogen and oxygen atoms in total. The summed E-state index contributed by atoms with van der Waals surface area (Å²) >= 11 is 12.4. The molecule has 0 heterocycles. The van der Waals surface area contributed by atoms with Crippen LogP contribution in [0.2, 0.25) is 10.0 Å². The third kappa shape index (κ3) is 7.07. The van der Waals surface area contributed by atoms with Gasteiger partial charge < -0.3 is 10.2 Å². The van der Waals surface area contributed by atoms with Gasteiger partial charge in [0.2, 0.25) is 11.8 Å². The number of anilines is 1. The third-order valence-electron chi connectivity index (χ3n) is 6.09. The number of halogens is 2. The van der Waals surface area contributed by atoms with E-state index in [1.165, 1.54) is 42.3 Å². The molecule has 10 heteroatoms. The van der Waals surface area contributed by atoms with Gasteiger partial charge in [0, 0.05) is 23.6 Å². The number of rotatable bonds is 10. The van der Waals surface area contributed by atoms with Crippen LogP contribution in [-0.4, -0.2) is 44.8 Å². The molecule has 202 valence electrons. The van der Waals surface area contributed by atoms with E-state index in [0.29, 0.717) is 6.42 Å². The summed E-state index contributed by atoms with van der Waals surface area (Å²) in [4.78, 5) is 28.1. The summed E-state index contributed by atoms with van der Waals surface area (Å²) < 4.78 is 28.7. The number of carbonyl (C=O) groups excluding carboxylic acids is 2. The number of sulfonamides is 1. The summed E-state index contributed by atoms with van der Waals surface area (Å²) in [5.74, 6) is -0.888. The number of aryl methyl sites for hydroxylation is 2. The highest BCUT2D eigenvalue weighted by Crippen LogP contribution is 2.30. The molecule has 3 aromatic carbocycles. The molecule has 3 rings (SSSR count). The SMILES string of the molecule is CC[C@@H](C(=O)NC)N(Cc1cccc(C)c1)C(=O)CN(c1cc(Cl)cc(Cl)c1)S(=O)(=O)c1ccc(C)cc1. The number of carbonyl (C=O) groups is 2. The van der Waals surface area contributed by atoms with E-state index >= 15 is 0 Å². The molecule has 0 aliphatic rings. The fraction of sp³-hybridized carbons (Fsp3) is 0.286.